The summed E-state index contributed by atoms with van der Waals surface area (Å²) in [5.74, 6) is 0.769. The van der Waals surface area contributed by atoms with Crippen molar-refractivity contribution in [1.29, 1.82) is 0 Å². The lowest BCUT2D eigenvalue weighted by atomic mass is 10.0. The van der Waals surface area contributed by atoms with Gasteiger partial charge in [0.25, 0.3) is 5.56 Å². The summed E-state index contributed by atoms with van der Waals surface area (Å²) in [6.07, 6.45) is 3.60. The quantitative estimate of drug-likeness (QED) is 0.565. The average Bonchev–Trinajstić information content (AvgIpc) is 3.02. The van der Waals surface area contributed by atoms with Crippen LogP contribution in [0.15, 0.2) is 76.2 Å². The predicted octanol–water partition coefficient (Wildman–Crippen LogP) is 4.34. The summed E-state index contributed by atoms with van der Waals surface area (Å²) in [6, 6.07) is 17.3. The molecular weight excluding hydrogens is 300 g/mol. The van der Waals surface area contributed by atoms with Crippen molar-refractivity contribution in [2.24, 2.45) is 0 Å². The highest BCUT2D eigenvalue weighted by Crippen LogP contribution is 2.39. The van der Waals surface area contributed by atoms with Gasteiger partial charge in [0.1, 0.15) is 5.76 Å². The van der Waals surface area contributed by atoms with Gasteiger partial charge in [0.15, 0.2) is 0 Å². The van der Waals surface area contributed by atoms with E-state index in [-0.39, 0.29) is 5.56 Å². The molecule has 24 heavy (non-hydrogen) atoms. The van der Waals surface area contributed by atoms with Gasteiger partial charge in [-0.3, -0.25) is 4.79 Å². The van der Waals surface area contributed by atoms with Crippen molar-refractivity contribution in [3.8, 4) is 22.5 Å². The van der Waals surface area contributed by atoms with Crippen LogP contribution < -0.4 is 5.56 Å². The first-order chi connectivity index (χ1) is 11.8. The Morgan fingerprint density at radius 1 is 1.00 bits per heavy atom. The Morgan fingerprint density at radius 3 is 2.62 bits per heavy atom. The monoisotopic (exact) mass is 316 g/mol. The normalized spacial score (nSPS) is 11.0. The fourth-order valence-corrected chi connectivity index (χ4v) is 2.94. The number of fused-ring (bicyclic) bond motifs is 1. The van der Waals surface area contributed by atoms with Crippen molar-refractivity contribution in [2.45, 2.75) is 13.5 Å². The molecule has 4 heteroatoms. The van der Waals surface area contributed by atoms with Crippen LogP contribution in [0.3, 0.4) is 0 Å². The number of aromatic nitrogens is 2. The highest BCUT2D eigenvalue weighted by molar-refractivity contribution is 6.00. The first-order valence-electron chi connectivity index (χ1n) is 7.91. The second-order valence-electron chi connectivity index (χ2n) is 5.57. The molecule has 0 saturated heterocycles. The van der Waals surface area contributed by atoms with E-state index in [1.165, 1.54) is 0 Å². The lowest BCUT2D eigenvalue weighted by molar-refractivity contribution is 0.619. The first-order valence-corrected chi connectivity index (χ1v) is 7.91. The SMILES string of the molecule is CCn1cc(-c2c(-c3ccccc3)oc3ncccc23)ccc1=O. The summed E-state index contributed by atoms with van der Waals surface area (Å²) in [7, 11) is 0. The smallest absolute Gasteiger partial charge is 0.250 e. The van der Waals surface area contributed by atoms with Crippen LogP contribution in [-0.4, -0.2) is 9.55 Å². The third-order valence-corrected chi connectivity index (χ3v) is 4.12. The molecular formula is C20H16N2O2. The molecule has 0 spiro atoms. The minimum atomic E-state index is -0.00608. The van der Waals surface area contributed by atoms with Crippen molar-refractivity contribution in [3.63, 3.8) is 0 Å². The van der Waals surface area contributed by atoms with Crippen molar-refractivity contribution in [1.82, 2.24) is 9.55 Å². The number of benzene rings is 1. The van der Waals surface area contributed by atoms with E-state index in [0.29, 0.717) is 12.3 Å². The molecule has 4 nitrogen and oxygen atoms in total. The summed E-state index contributed by atoms with van der Waals surface area (Å²) >= 11 is 0. The number of hydrogen-bond donors (Lipinski definition) is 0. The molecule has 3 aromatic heterocycles. The van der Waals surface area contributed by atoms with Crippen molar-refractivity contribution >= 4 is 11.1 Å². The van der Waals surface area contributed by atoms with Crippen molar-refractivity contribution in [3.05, 3.63) is 77.3 Å². The molecule has 0 N–H and O–H groups in total. The highest BCUT2D eigenvalue weighted by atomic mass is 16.3. The second-order valence-corrected chi connectivity index (χ2v) is 5.57. The second kappa shape index (κ2) is 5.81. The molecule has 0 radical (unpaired) electrons. The Kier molecular flexibility index (Phi) is 3.50. The van der Waals surface area contributed by atoms with E-state index in [0.717, 1.165) is 27.8 Å². The van der Waals surface area contributed by atoms with Gasteiger partial charge in [-0.15, -0.1) is 0 Å². The zero-order chi connectivity index (χ0) is 16.5. The fourth-order valence-electron chi connectivity index (χ4n) is 2.94. The Hall–Kier alpha value is -3.14. The minimum Gasteiger partial charge on any atom is -0.437 e. The molecule has 3 heterocycles. The number of pyridine rings is 2. The number of aryl methyl sites for hydroxylation is 1. The first kappa shape index (κ1) is 14.5. The standard InChI is InChI=1S/C20H16N2O2/c1-2-22-13-15(10-11-17(22)23)18-16-9-6-12-21-20(16)24-19(18)14-7-4-3-5-8-14/h3-13H,2H2,1H3. The largest absolute Gasteiger partial charge is 0.437 e. The summed E-state index contributed by atoms with van der Waals surface area (Å²) in [5, 5.41) is 0.942. The van der Waals surface area contributed by atoms with Gasteiger partial charge in [-0.25, -0.2) is 4.98 Å². The molecule has 118 valence electrons. The van der Waals surface area contributed by atoms with Crippen LogP contribution in [0.2, 0.25) is 0 Å². The number of nitrogens with zero attached hydrogens (tertiary/aromatic N) is 2. The fraction of sp³-hybridized carbons (Fsp3) is 0.100. The summed E-state index contributed by atoms with van der Waals surface area (Å²) in [5.41, 5.74) is 3.49. The molecule has 0 aliphatic carbocycles. The van der Waals surface area contributed by atoms with E-state index in [9.17, 15) is 4.79 Å². The minimum absolute atomic E-state index is 0.00608. The lowest BCUT2D eigenvalue weighted by Crippen LogP contribution is -2.16. The number of rotatable bonds is 3. The maximum absolute atomic E-state index is 11.9. The summed E-state index contributed by atoms with van der Waals surface area (Å²) in [6.45, 7) is 2.58. The zero-order valence-electron chi connectivity index (χ0n) is 13.3. The molecule has 4 aromatic rings. The molecule has 1 aromatic carbocycles. The molecule has 0 unspecified atom stereocenters. The maximum Gasteiger partial charge on any atom is 0.250 e. The van der Waals surface area contributed by atoms with Gasteiger partial charge in [0.05, 0.1) is 0 Å². The molecule has 0 bridgehead atoms. The third-order valence-electron chi connectivity index (χ3n) is 4.12. The van der Waals surface area contributed by atoms with E-state index in [1.807, 2.05) is 61.7 Å². The van der Waals surface area contributed by atoms with Gasteiger partial charge in [0.2, 0.25) is 5.71 Å². The summed E-state index contributed by atoms with van der Waals surface area (Å²) < 4.78 is 7.74. The predicted molar refractivity (Wildman–Crippen MR) is 94.8 cm³/mol. The van der Waals surface area contributed by atoms with Gasteiger partial charge < -0.3 is 8.98 Å². The molecule has 0 saturated carbocycles. The zero-order valence-corrected chi connectivity index (χ0v) is 13.3. The van der Waals surface area contributed by atoms with Gasteiger partial charge in [-0.1, -0.05) is 30.3 Å². The summed E-state index contributed by atoms with van der Waals surface area (Å²) in [4.78, 5) is 16.3. The van der Waals surface area contributed by atoms with E-state index in [1.54, 1.807) is 16.8 Å². The molecule has 0 atom stereocenters. The Labute approximate surface area is 139 Å². The number of hydrogen-bond acceptors (Lipinski definition) is 3. The van der Waals surface area contributed by atoms with Crippen LogP contribution in [0.1, 0.15) is 6.92 Å². The third kappa shape index (κ3) is 2.33. The lowest BCUT2D eigenvalue weighted by Gasteiger charge is -2.07. The van der Waals surface area contributed by atoms with E-state index in [2.05, 4.69) is 4.98 Å². The number of furan rings is 1. The van der Waals surface area contributed by atoms with E-state index >= 15 is 0 Å². The van der Waals surface area contributed by atoms with Gasteiger partial charge in [0, 0.05) is 47.1 Å². The van der Waals surface area contributed by atoms with Crippen LogP contribution in [0, 0.1) is 0 Å². The van der Waals surface area contributed by atoms with Crippen molar-refractivity contribution in [2.75, 3.05) is 0 Å². The molecule has 0 aliphatic heterocycles. The van der Waals surface area contributed by atoms with Crippen LogP contribution in [0.4, 0.5) is 0 Å². The van der Waals surface area contributed by atoms with Crippen molar-refractivity contribution < 1.29 is 4.42 Å². The molecule has 4 rings (SSSR count). The highest BCUT2D eigenvalue weighted by Gasteiger charge is 2.18. The molecule has 0 amide bonds. The van der Waals surface area contributed by atoms with Gasteiger partial charge >= 0.3 is 0 Å². The Bertz CT molecular complexity index is 1060. The van der Waals surface area contributed by atoms with Crippen LogP contribution in [-0.2, 0) is 6.54 Å². The van der Waals surface area contributed by atoms with Gasteiger partial charge in [-0.05, 0) is 25.1 Å². The van der Waals surface area contributed by atoms with Crippen LogP contribution in [0.5, 0.6) is 0 Å². The molecule has 0 fully saturated rings. The Morgan fingerprint density at radius 2 is 1.83 bits per heavy atom. The van der Waals surface area contributed by atoms with E-state index in [4.69, 9.17) is 4.42 Å². The van der Waals surface area contributed by atoms with Crippen LogP contribution in [0.25, 0.3) is 33.6 Å². The molecule has 0 aliphatic rings. The van der Waals surface area contributed by atoms with Gasteiger partial charge in [-0.2, -0.15) is 0 Å². The maximum atomic E-state index is 11.9. The van der Waals surface area contributed by atoms with E-state index < -0.39 is 0 Å². The Balaban J connectivity index is 2.05. The average molecular weight is 316 g/mol. The topological polar surface area (TPSA) is 48.0 Å². The van der Waals surface area contributed by atoms with Crippen LogP contribution >= 0.6 is 0 Å².